The van der Waals surface area contributed by atoms with E-state index in [-0.39, 0.29) is 0 Å². The molecule has 1 N–H and O–H groups in total. The summed E-state index contributed by atoms with van der Waals surface area (Å²) >= 11 is 0. The Morgan fingerprint density at radius 1 is 1.11 bits per heavy atom. The summed E-state index contributed by atoms with van der Waals surface area (Å²) in [5.41, 5.74) is 2.15. The minimum absolute atomic E-state index is 0.303. The number of amides is 1. The molecule has 0 radical (unpaired) electrons. The van der Waals surface area contributed by atoms with E-state index < -0.39 is 11.9 Å². The topological polar surface area (TPSA) is 55.4 Å². The molecular formula is C15H15NO3. The van der Waals surface area contributed by atoms with Gasteiger partial charge in [-0.1, -0.05) is 35.9 Å². The quantitative estimate of drug-likeness (QED) is 0.660. The van der Waals surface area contributed by atoms with Crippen molar-refractivity contribution in [3.63, 3.8) is 0 Å². The number of rotatable bonds is 2. The number of nitrogens with one attached hydrogen (secondary N) is 1. The molecule has 1 amide bonds. The van der Waals surface area contributed by atoms with Gasteiger partial charge in [0.25, 0.3) is 0 Å². The Bertz CT molecular complexity index is 634. The average Bonchev–Trinajstić information content (AvgIpc) is 2.43. The number of hydrogen-bond acceptors (Lipinski definition) is 3. The van der Waals surface area contributed by atoms with Gasteiger partial charge < -0.3 is 10.1 Å². The number of esters is 1. The number of ether oxygens (including phenoxy) is 1. The van der Waals surface area contributed by atoms with Gasteiger partial charge in [0.05, 0.1) is 7.11 Å². The summed E-state index contributed by atoms with van der Waals surface area (Å²) in [6.07, 6.45) is 0. The molecule has 19 heavy (non-hydrogen) atoms. The Balaban J connectivity index is 2.12. The van der Waals surface area contributed by atoms with Gasteiger partial charge in [-0.15, -0.1) is 0 Å². The highest BCUT2D eigenvalue weighted by molar-refractivity contribution is 6.32. The minimum atomic E-state index is -0.878. The number of hydrogen-bond donors (Lipinski definition) is 1. The van der Waals surface area contributed by atoms with Crippen molar-refractivity contribution in [2.24, 2.45) is 0 Å². The smallest absolute Gasteiger partial charge is 0.396 e. The zero-order valence-electron chi connectivity index (χ0n) is 10.9. The van der Waals surface area contributed by atoms with Gasteiger partial charge in [0.2, 0.25) is 0 Å². The van der Waals surface area contributed by atoms with Crippen molar-refractivity contribution in [3.05, 3.63) is 47.5 Å². The molecule has 0 unspecified atom stereocenters. The number of aryl methyl sites for hydroxylation is 1. The molecule has 0 saturated carbocycles. The van der Waals surface area contributed by atoms with Crippen molar-refractivity contribution < 1.29 is 14.3 Å². The molecule has 0 aromatic heterocycles. The highest BCUT2D eigenvalue weighted by Gasteiger charge is 2.12. The van der Waals surface area contributed by atoms with E-state index in [9.17, 15) is 9.59 Å². The molecule has 2 rings (SSSR count). The lowest BCUT2D eigenvalue weighted by Gasteiger charge is -2.06. The maximum atomic E-state index is 11.3. The minimum Gasteiger partial charge on any atom is -0.462 e. The Morgan fingerprint density at radius 2 is 1.79 bits per heavy atom. The van der Waals surface area contributed by atoms with Crippen molar-refractivity contribution in [2.45, 2.75) is 13.5 Å². The first kappa shape index (κ1) is 13.1. The fraction of sp³-hybridized carbons (Fsp3) is 0.200. The van der Waals surface area contributed by atoms with Crippen molar-refractivity contribution in [1.29, 1.82) is 0 Å². The second-order valence-corrected chi connectivity index (χ2v) is 4.36. The van der Waals surface area contributed by atoms with E-state index in [1.165, 1.54) is 12.7 Å². The molecule has 0 aliphatic rings. The van der Waals surface area contributed by atoms with E-state index in [0.29, 0.717) is 6.54 Å². The summed E-state index contributed by atoms with van der Waals surface area (Å²) in [6, 6.07) is 12.1. The van der Waals surface area contributed by atoms with Gasteiger partial charge in [0, 0.05) is 6.54 Å². The van der Waals surface area contributed by atoms with Gasteiger partial charge in [-0.05, 0) is 29.3 Å². The summed E-state index contributed by atoms with van der Waals surface area (Å²) < 4.78 is 4.33. The van der Waals surface area contributed by atoms with Crippen LogP contribution in [0.2, 0.25) is 0 Å². The highest BCUT2D eigenvalue weighted by atomic mass is 16.5. The van der Waals surface area contributed by atoms with E-state index in [2.05, 4.69) is 16.1 Å². The van der Waals surface area contributed by atoms with Crippen LogP contribution < -0.4 is 5.32 Å². The third kappa shape index (κ3) is 3.10. The van der Waals surface area contributed by atoms with Gasteiger partial charge in [-0.25, -0.2) is 4.79 Å². The van der Waals surface area contributed by atoms with Crippen LogP contribution in [0.15, 0.2) is 36.4 Å². The summed E-state index contributed by atoms with van der Waals surface area (Å²) in [5.74, 6) is -1.61. The van der Waals surface area contributed by atoms with Gasteiger partial charge >= 0.3 is 11.9 Å². The number of methoxy groups -OCH3 is 1. The predicted molar refractivity (Wildman–Crippen MR) is 72.5 cm³/mol. The molecule has 2 aromatic rings. The van der Waals surface area contributed by atoms with Gasteiger partial charge in [0.15, 0.2) is 0 Å². The fourth-order valence-corrected chi connectivity index (χ4v) is 1.87. The lowest BCUT2D eigenvalue weighted by molar-refractivity contribution is -0.152. The third-order valence-electron chi connectivity index (χ3n) is 2.88. The second-order valence-electron chi connectivity index (χ2n) is 4.36. The zero-order chi connectivity index (χ0) is 13.8. The average molecular weight is 257 g/mol. The Labute approximate surface area is 111 Å². The van der Waals surface area contributed by atoms with E-state index in [4.69, 9.17) is 0 Å². The van der Waals surface area contributed by atoms with Crippen LogP contribution in [0.25, 0.3) is 10.8 Å². The van der Waals surface area contributed by atoms with Gasteiger partial charge in [0.1, 0.15) is 0 Å². The molecule has 98 valence electrons. The fourth-order valence-electron chi connectivity index (χ4n) is 1.87. The SMILES string of the molecule is COC(=O)C(=O)NCc1ccc2cc(C)ccc2c1. The van der Waals surface area contributed by atoms with Crippen molar-refractivity contribution in [2.75, 3.05) is 7.11 Å². The lowest BCUT2D eigenvalue weighted by atomic mass is 10.0. The molecule has 0 bridgehead atoms. The van der Waals surface area contributed by atoms with Crippen LogP contribution in [0.4, 0.5) is 0 Å². The lowest BCUT2D eigenvalue weighted by Crippen LogP contribution is -2.31. The summed E-state index contributed by atoms with van der Waals surface area (Å²) in [7, 11) is 1.18. The van der Waals surface area contributed by atoms with Crippen LogP contribution in [0.3, 0.4) is 0 Å². The van der Waals surface area contributed by atoms with E-state index in [1.54, 1.807) is 0 Å². The first-order valence-corrected chi connectivity index (χ1v) is 5.95. The molecule has 0 spiro atoms. The molecule has 4 nitrogen and oxygen atoms in total. The van der Waals surface area contributed by atoms with Crippen LogP contribution >= 0.6 is 0 Å². The largest absolute Gasteiger partial charge is 0.462 e. The van der Waals surface area contributed by atoms with Crippen LogP contribution in [-0.4, -0.2) is 19.0 Å². The van der Waals surface area contributed by atoms with Crippen LogP contribution in [0.1, 0.15) is 11.1 Å². The first-order valence-electron chi connectivity index (χ1n) is 5.95. The molecule has 2 aromatic carbocycles. The van der Waals surface area contributed by atoms with Crippen LogP contribution in [0, 0.1) is 6.92 Å². The maximum Gasteiger partial charge on any atom is 0.396 e. The highest BCUT2D eigenvalue weighted by Crippen LogP contribution is 2.17. The molecular weight excluding hydrogens is 242 g/mol. The number of carbonyl (C=O) groups is 2. The molecule has 0 atom stereocenters. The summed E-state index contributed by atoms with van der Waals surface area (Å²) in [6.45, 7) is 2.35. The third-order valence-corrected chi connectivity index (χ3v) is 2.88. The Hall–Kier alpha value is -2.36. The van der Waals surface area contributed by atoms with Crippen molar-refractivity contribution >= 4 is 22.6 Å². The normalized spacial score (nSPS) is 10.2. The maximum absolute atomic E-state index is 11.3. The molecule has 0 heterocycles. The molecule has 0 aliphatic heterocycles. The Morgan fingerprint density at radius 3 is 2.53 bits per heavy atom. The number of carbonyl (C=O) groups excluding carboxylic acids is 2. The van der Waals surface area contributed by atoms with Crippen LogP contribution in [0.5, 0.6) is 0 Å². The summed E-state index contributed by atoms with van der Waals surface area (Å²) in [4.78, 5) is 22.2. The van der Waals surface area contributed by atoms with Crippen LogP contribution in [-0.2, 0) is 20.9 Å². The Kier molecular flexibility index (Phi) is 3.80. The van der Waals surface area contributed by atoms with Gasteiger partial charge in [-0.3, -0.25) is 4.79 Å². The molecule has 0 fully saturated rings. The van der Waals surface area contributed by atoms with Crippen molar-refractivity contribution in [3.8, 4) is 0 Å². The number of fused-ring (bicyclic) bond motifs is 1. The first-order chi connectivity index (χ1) is 9.10. The van der Waals surface area contributed by atoms with E-state index in [1.807, 2.05) is 37.3 Å². The predicted octanol–water partition coefficient (Wildman–Crippen LogP) is 1.94. The van der Waals surface area contributed by atoms with Gasteiger partial charge in [-0.2, -0.15) is 0 Å². The molecule has 0 aliphatic carbocycles. The molecule has 0 saturated heterocycles. The molecule has 4 heteroatoms. The number of benzene rings is 2. The zero-order valence-corrected chi connectivity index (χ0v) is 10.9. The second kappa shape index (κ2) is 5.52. The van der Waals surface area contributed by atoms with E-state index >= 15 is 0 Å². The van der Waals surface area contributed by atoms with E-state index in [0.717, 1.165) is 16.3 Å². The monoisotopic (exact) mass is 257 g/mol. The standard InChI is InChI=1S/C15H15NO3/c1-10-3-5-13-8-11(4-6-12(13)7-10)9-16-14(17)15(18)19-2/h3-8H,9H2,1-2H3,(H,16,17). The summed E-state index contributed by atoms with van der Waals surface area (Å²) in [5, 5.41) is 4.77. The van der Waals surface area contributed by atoms with Crippen molar-refractivity contribution in [1.82, 2.24) is 5.32 Å².